The van der Waals surface area contributed by atoms with Gasteiger partial charge in [-0.1, -0.05) is 0 Å². The van der Waals surface area contributed by atoms with Crippen LogP contribution in [0.5, 0.6) is 0 Å². The minimum Gasteiger partial charge on any atom is -0.426 e. The van der Waals surface area contributed by atoms with Gasteiger partial charge < -0.3 is 29.7 Å². The first kappa shape index (κ1) is 17.6. The van der Waals surface area contributed by atoms with E-state index >= 15 is 0 Å². The lowest BCUT2D eigenvalue weighted by atomic mass is 10.2. The number of nitrogens with two attached hydrogens (primary N) is 1. The standard InChI is InChI=1S/C11H13FN5O7P/c1-22-5-3(12)9(24-11(19)25(20)21)23-8(5)17-2-14-4-6(17)15-10(13)16-7(4)18/h2-3,5,8-9,20-21H,1H3,(H3,13,15,16,18)/t3?,5-,8-,9-/m1/s1. The highest BCUT2D eigenvalue weighted by Gasteiger charge is 2.49. The maximum absolute atomic E-state index is 14.4. The van der Waals surface area contributed by atoms with Crippen molar-refractivity contribution in [1.82, 2.24) is 19.5 Å². The Kier molecular flexibility index (Phi) is 4.67. The van der Waals surface area contributed by atoms with Gasteiger partial charge in [0.2, 0.25) is 12.2 Å². The van der Waals surface area contributed by atoms with Crippen LogP contribution >= 0.6 is 8.38 Å². The van der Waals surface area contributed by atoms with Crippen molar-refractivity contribution >= 4 is 31.2 Å². The molecule has 14 heteroatoms. The number of ether oxygens (including phenoxy) is 3. The van der Waals surface area contributed by atoms with Gasteiger partial charge in [0.1, 0.15) is 6.10 Å². The van der Waals surface area contributed by atoms with E-state index in [1.54, 1.807) is 0 Å². The van der Waals surface area contributed by atoms with Crippen molar-refractivity contribution in [2.45, 2.75) is 24.8 Å². The zero-order valence-electron chi connectivity index (χ0n) is 12.6. The summed E-state index contributed by atoms with van der Waals surface area (Å²) in [5.41, 5.74) is 3.43. The summed E-state index contributed by atoms with van der Waals surface area (Å²) in [6.45, 7) is 0. The lowest BCUT2D eigenvalue weighted by molar-refractivity contribution is -0.129. The highest BCUT2D eigenvalue weighted by Crippen LogP contribution is 2.37. The number of carbonyl (C=O) groups is 1. The van der Waals surface area contributed by atoms with Crippen LogP contribution in [0.15, 0.2) is 11.1 Å². The topological polar surface area (TPSA) is 175 Å². The van der Waals surface area contributed by atoms with E-state index in [2.05, 4.69) is 19.7 Å². The molecule has 1 fully saturated rings. The Labute approximate surface area is 139 Å². The molecule has 1 aliphatic rings. The quantitative estimate of drug-likeness (QED) is 0.501. The Morgan fingerprint density at radius 3 is 2.92 bits per heavy atom. The Hall–Kier alpha value is -2.18. The van der Waals surface area contributed by atoms with Crippen LogP contribution in [0.4, 0.5) is 15.1 Å². The average Bonchev–Trinajstić information content (AvgIpc) is 3.08. The lowest BCUT2D eigenvalue weighted by Crippen LogP contribution is -2.31. The SMILES string of the molecule is CO[C@@H]1C(F)[C@@H](OC(=O)P(O)O)O[C@H]1n1cnc2c(=O)[nH]c(N)nc21. The van der Waals surface area contributed by atoms with Gasteiger partial charge in [-0.05, 0) is 0 Å². The van der Waals surface area contributed by atoms with E-state index in [1.807, 2.05) is 0 Å². The van der Waals surface area contributed by atoms with Gasteiger partial charge in [-0.2, -0.15) is 4.98 Å². The minimum absolute atomic E-state index is 0.0130. The number of methoxy groups -OCH3 is 1. The summed E-state index contributed by atoms with van der Waals surface area (Å²) in [5, 5.41) is 0. The molecular formula is C11H13FN5O7P. The zero-order chi connectivity index (χ0) is 18.3. The fraction of sp³-hybridized carbons (Fsp3) is 0.455. The molecule has 3 heterocycles. The second-order valence-corrected chi connectivity index (χ2v) is 5.93. The van der Waals surface area contributed by atoms with Gasteiger partial charge in [0.25, 0.3) is 13.9 Å². The van der Waals surface area contributed by atoms with Crippen molar-refractivity contribution in [2.75, 3.05) is 12.8 Å². The summed E-state index contributed by atoms with van der Waals surface area (Å²) >= 11 is 0. The molecule has 0 saturated carbocycles. The third-order valence-corrected chi connectivity index (χ3v) is 3.94. The number of nitrogens with zero attached hydrogens (tertiary/aromatic N) is 3. The molecule has 2 aromatic heterocycles. The van der Waals surface area contributed by atoms with Gasteiger partial charge in [0, 0.05) is 7.11 Å². The van der Waals surface area contributed by atoms with E-state index in [0.717, 1.165) is 0 Å². The molecule has 0 aliphatic carbocycles. The number of hydrogen-bond donors (Lipinski definition) is 4. The molecule has 136 valence electrons. The van der Waals surface area contributed by atoms with Crippen molar-refractivity contribution in [3.63, 3.8) is 0 Å². The molecule has 1 aliphatic heterocycles. The van der Waals surface area contributed by atoms with Crippen LogP contribution < -0.4 is 11.3 Å². The predicted molar refractivity (Wildman–Crippen MR) is 80.0 cm³/mol. The number of H-pyrrole nitrogens is 1. The van der Waals surface area contributed by atoms with Crippen LogP contribution in [0.1, 0.15) is 6.23 Å². The molecule has 1 unspecified atom stereocenters. The van der Waals surface area contributed by atoms with Gasteiger partial charge in [0.05, 0.1) is 6.33 Å². The summed E-state index contributed by atoms with van der Waals surface area (Å²) in [6, 6.07) is 0. The summed E-state index contributed by atoms with van der Waals surface area (Å²) in [5.74, 6) is -0.183. The number of carbonyl (C=O) groups excluding carboxylic acids is 1. The highest BCUT2D eigenvalue weighted by atomic mass is 31.2. The van der Waals surface area contributed by atoms with Crippen LogP contribution in [-0.2, 0) is 14.2 Å². The fourth-order valence-electron chi connectivity index (χ4n) is 2.44. The maximum atomic E-state index is 14.4. The van der Waals surface area contributed by atoms with Crippen molar-refractivity contribution in [1.29, 1.82) is 0 Å². The fourth-order valence-corrected chi connectivity index (χ4v) is 2.64. The molecule has 0 aromatic carbocycles. The third-order valence-electron chi connectivity index (χ3n) is 3.51. The van der Waals surface area contributed by atoms with E-state index in [9.17, 15) is 14.0 Å². The second-order valence-electron chi connectivity index (χ2n) is 4.99. The van der Waals surface area contributed by atoms with Crippen molar-refractivity contribution in [3.05, 3.63) is 16.7 Å². The van der Waals surface area contributed by atoms with Crippen LogP contribution in [0.2, 0.25) is 0 Å². The van der Waals surface area contributed by atoms with Gasteiger partial charge >= 0.3 is 5.71 Å². The first-order valence-electron chi connectivity index (χ1n) is 6.76. The molecule has 3 rings (SSSR count). The number of fused-ring (bicyclic) bond motifs is 1. The molecule has 1 saturated heterocycles. The Bertz CT molecular complexity index is 857. The Morgan fingerprint density at radius 2 is 2.28 bits per heavy atom. The van der Waals surface area contributed by atoms with Crippen molar-refractivity contribution in [3.8, 4) is 0 Å². The van der Waals surface area contributed by atoms with Gasteiger partial charge in [-0.25, -0.2) is 14.2 Å². The first-order chi connectivity index (χ1) is 11.8. The number of rotatable bonds is 4. The smallest absolute Gasteiger partial charge is 0.386 e. The summed E-state index contributed by atoms with van der Waals surface area (Å²) in [7, 11) is -1.85. The summed E-state index contributed by atoms with van der Waals surface area (Å²) in [6.07, 6.45) is -4.96. The van der Waals surface area contributed by atoms with E-state index in [0.29, 0.717) is 0 Å². The predicted octanol–water partition coefficient (Wildman–Crippen LogP) is -0.657. The summed E-state index contributed by atoms with van der Waals surface area (Å²) < 4.78 is 30.6. The monoisotopic (exact) mass is 377 g/mol. The Balaban J connectivity index is 1.96. The first-order valence-corrected chi connectivity index (χ1v) is 8.01. The molecule has 25 heavy (non-hydrogen) atoms. The van der Waals surface area contributed by atoms with Gasteiger partial charge in [-0.15, -0.1) is 0 Å². The van der Waals surface area contributed by atoms with E-state index in [4.69, 9.17) is 25.0 Å². The number of aromatic amines is 1. The molecule has 5 N–H and O–H groups in total. The Morgan fingerprint density at radius 1 is 1.56 bits per heavy atom. The highest BCUT2D eigenvalue weighted by molar-refractivity contribution is 7.63. The number of halogens is 1. The number of anilines is 1. The zero-order valence-corrected chi connectivity index (χ0v) is 13.5. The van der Waals surface area contributed by atoms with Gasteiger partial charge in [0.15, 0.2) is 23.6 Å². The maximum Gasteiger partial charge on any atom is 0.386 e. The number of imidazole rings is 1. The number of nitrogen functional groups attached to an aromatic ring is 1. The van der Waals surface area contributed by atoms with Crippen molar-refractivity contribution < 1.29 is 33.2 Å². The summed E-state index contributed by atoms with van der Waals surface area (Å²) in [4.78, 5) is 50.7. The van der Waals surface area contributed by atoms with Crippen molar-refractivity contribution in [2.24, 2.45) is 0 Å². The van der Waals surface area contributed by atoms with Crippen LogP contribution in [0, 0.1) is 0 Å². The van der Waals surface area contributed by atoms with E-state index in [1.165, 1.54) is 18.0 Å². The second kappa shape index (κ2) is 6.61. The number of hydrogen-bond acceptors (Lipinski definition) is 10. The molecule has 0 radical (unpaired) electrons. The molecule has 0 amide bonds. The minimum atomic E-state index is -3.05. The van der Waals surface area contributed by atoms with Gasteiger partial charge in [-0.3, -0.25) is 14.3 Å². The largest absolute Gasteiger partial charge is 0.426 e. The van der Waals surface area contributed by atoms with E-state index in [-0.39, 0.29) is 17.1 Å². The third kappa shape index (κ3) is 3.07. The molecule has 12 nitrogen and oxygen atoms in total. The number of aromatic nitrogens is 4. The van der Waals surface area contributed by atoms with Crippen LogP contribution in [0.25, 0.3) is 11.2 Å². The van der Waals surface area contributed by atoms with Crippen LogP contribution in [0.3, 0.4) is 0 Å². The average molecular weight is 377 g/mol. The number of nitrogens with one attached hydrogen (secondary N) is 1. The normalized spacial score (nSPS) is 26.4. The van der Waals surface area contributed by atoms with E-state index < -0.39 is 44.4 Å². The lowest BCUT2D eigenvalue weighted by Gasteiger charge is -2.18. The molecule has 0 bridgehead atoms. The molecule has 2 aromatic rings. The van der Waals surface area contributed by atoms with Crippen LogP contribution in [-0.4, -0.2) is 60.7 Å². The molecule has 0 spiro atoms. The molecular weight excluding hydrogens is 364 g/mol. The number of alkyl halides is 1. The molecule has 4 atom stereocenters.